The Kier molecular flexibility index (Phi) is 10.3. The Morgan fingerprint density at radius 3 is 2.12 bits per heavy atom. The van der Waals surface area contributed by atoms with Crippen molar-refractivity contribution in [3.63, 3.8) is 0 Å². The summed E-state index contributed by atoms with van der Waals surface area (Å²) >= 11 is 0. The van der Waals surface area contributed by atoms with Gasteiger partial charge in [-0.05, 0) is 25.7 Å². The van der Waals surface area contributed by atoms with E-state index in [1.165, 1.54) is 38.5 Å². The van der Waals surface area contributed by atoms with Gasteiger partial charge < -0.3 is 0 Å². The zero-order chi connectivity index (χ0) is 12.2. The molecule has 0 bridgehead atoms. The van der Waals surface area contributed by atoms with Gasteiger partial charge in [0.1, 0.15) is 6.04 Å². The summed E-state index contributed by atoms with van der Waals surface area (Å²) in [6.07, 6.45) is 9.54. The van der Waals surface area contributed by atoms with Crippen LogP contribution in [0.4, 0.5) is 0 Å². The monoisotopic (exact) mass is 225 g/mol. The van der Waals surface area contributed by atoms with E-state index < -0.39 is 0 Å². The van der Waals surface area contributed by atoms with E-state index in [4.69, 9.17) is 5.53 Å². The third-order valence-corrected chi connectivity index (χ3v) is 2.82. The summed E-state index contributed by atoms with van der Waals surface area (Å²) in [7, 11) is 0. The maximum absolute atomic E-state index is 6.85. The molecule has 0 aliphatic carbocycles. The van der Waals surface area contributed by atoms with Crippen LogP contribution in [0, 0.1) is 11.4 Å². The quantitative estimate of drug-likeness (QED) is 0.421. The summed E-state index contributed by atoms with van der Waals surface area (Å²) < 4.78 is 0. The summed E-state index contributed by atoms with van der Waals surface area (Å²) in [5, 5.41) is 3.41. The molecular formula is C13H27N3. The van der Waals surface area contributed by atoms with Crippen molar-refractivity contribution >= 4 is 6.21 Å². The molecule has 1 atom stereocenters. The first kappa shape index (κ1) is 15.3. The number of unbranched alkanes of at least 4 members (excludes halogenated alkanes) is 2. The lowest BCUT2D eigenvalue weighted by Crippen LogP contribution is -2.07. The summed E-state index contributed by atoms with van der Waals surface area (Å²) in [4.78, 5) is 4.41. The molecule has 0 aromatic carbocycles. The molecule has 0 heterocycles. The number of aliphatic imine (C=N–C) groups is 1. The summed E-state index contributed by atoms with van der Waals surface area (Å²) in [6, 6.07) is -0.0574. The fourth-order valence-corrected chi connectivity index (χ4v) is 1.71. The lowest BCUT2D eigenvalue weighted by Gasteiger charge is -2.13. The third-order valence-electron chi connectivity index (χ3n) is 2.82. The van der Waals surface area contributed by atoms with E-state index >= 15 is 0 Å². The van der Waals surface area contributed by atoms with Crippen LogP contribution in [-0.4, -0.2) is 18.8 Å². The zero-order valence-corrected chi connectivity index (χ0v) is 11.1. The molecule has 0 saturated carbocycles. The molecule has 1 unspecified atom stereocenters. The lowest BCUT2D eigenvalue weighted by molar-refractivity contribution is 0.429. The van der Waals surface area contributed by atoms with Crippen molar-refractivity contribution in [2.24, 2.45) is 16.0 Å². The molecule has 0 aliphatic rings. The predicted molar refractivity (Wildman–Crippen MR) is 70.5 cm³/mol. The maximum atomic E-state index is 6.85. The fraction of sp³-hybridized carbons (Fsp3) is 0.923. The molecular weight excluding hydrogens is 198 g/mol. The van der Waals surface area contributed by atoms with Crippen molar-refractivity contribution in [2.45, 2.75) is 65.3 Å². The molecule has 1 N–H and O–H groups in total. The standard InChI is InChI=1S/C13H27N3/c1-4-6-8-13(9-7-5-2)11-15-10-12(3)16-14/h10,12-14H,4-9,11H2,1-3H3. The SMILES string of the molecule is CCCCC(CCCC)CN=CC(C)N=N. The minimum atomic E-state index is -0.0574. The van der Waals surface area contributed by atoms with Gasteiger partial charge in [-0.15, -0.1) is 0 Å². The van der Waals surface area contributed by atoms with E-state index in [-0.39, 0.29) is 6.04 Å². The molecule has 0 fully saturated rings. The van der Waals surface area contributed by atoms with E-state index in [0.717, 1.165) is 12.5 Å². The first-order valence-corrected chi connectivity index (χ1v) is 6.61. The minimum Gasteiger partial charge on any atom is -0.295 e. The van der Waals surface area contributed by atoms with Gasteiger partial charge >= 0.3 is 0 Å². The molecule has 0 aliphatic heterocycles. The van der Waals surface area contributed by atoms with Crippen LogP contribution in [-0.2, 0) is 0 Å². The van der Waals surface area contributed by atoms with Crippen molar-refractivity contribution in [1.29, 1.82) is 5.53 Å². The van der Waals surface area contributed by atoms with Crippen molar-refractivity contribution < 1.29 is 0 Å². The summed E-state index contributed by atoms with van der Waals surface area (Å²) in [6.45, 7) is 7.28. The predicted octanol–water partition coefficient (Wildman–Crippen LogP) is 4.47. The second-order valence-corrected chi connectivity index (χ2v) is 4.53. The molecule has 0 aromatic heterocycles. The van der Waals surface area contributed by atoms with E-state index in [1.54, 1.807) is 6.21 Å². The number of hydrogen-bond donors (Lipinski definition) is 1. The highest BCUT2D eigenvalue weighted by Crippen LogP contribution is 2.16. The zero-order valence-electron chi connectivity index (χ0n) is 11.1. The molecule has 3 nitrogen and oxygen atoms in total. The molecule has 94 valence electrons. The average Bonchev–Trinajstić information content (AvgIpc) is 2.31. The largest absolute Gasteiger partial charge is 0.295 e. The first-order valence-electron chi connectivity index (χ1n) is 6.61. The van der Waals surface area contributed by atoms with E-state index in [1.807, 2.05) is 6.92 Å². The summed E-state index contributed by atoms with van der Waals surface area (Å²) in [5.41, 5.74) is 6.85. The van der Waals surface area contributed by atoms with Gasteiger partial charge in [0, 0.05) is 12.8 Å². The van der Waals surface area contributed by atoms with Crippen molar-refractivity contribution in [3.05, 3.63) is 0 Å². The minimum absolute atomic E-state index is 0.0574. The Bertz CT molecular complexity index is 182. The smallest absolute Gasteiger partial charge is 0.102 e. The third kappa shape index (κ3) is 8.57. The summed E-state index contributed by atoms with van der Waals surface area (Å²) in [5.74, 6) is 0.731. The second kappa shape index (κ2) is 10.8. The molecule has 0 spiro atoms. The Morgan fingerprint density at radius 2 is 1.69 bits per heavy atom. The average molecular weight is 225 g/mol. The van der Waals surface area contributed by atoms with Gasteiger partial charge in [-0.3, -0.25) is 4.99 Å². The van der Waals surface area contributed by atoms with Crippen LogP contribution in [0.5, 0.6) is 0 Å². The highest BCUT2D eigenvalue weighted by molar-refractivity contribution is 5.63. The van der Waals surface area contributed by atoms with Gasteiger partial charge in [0.2, 0.25) is 0 Å². The van der Waals surface area contributed by atoms with Crippen LogP contribution >= 0.6 is 0 Å². The van der Waals surface area contributed by atoms with Crippen molar-refractivity contribution in [3.8, 4) is 0 Å². The van der Waals surface area contributed by atoms with Crippen LogP contribution < -0.4 is 0 Å². The van der Waals surface area contributed by atoms with Gasteiger partial charge in [0.15, 0.2) is 0 Å². The molecule has 0 saturated heterocycles. The first-order chi connectivity index (χ1) is 7.74. The van der Waals surface area contributed by atoms with Crippen LogP contribution in [0.3, 0.4) is 0 Å². The number of hydrogen-bond acceptors (Lipinski definition) is 3. The molecule has 0 rings (SSSR count). The van der Waals surface area contributed by atoms with Crippen LogP contribution in [0.15, 0.2) is 10.1 Å². The molecule has 0 amide bonds. The van der Waals surface area contributed by atoms with Gasteiger partial charge in [0.25, 0.3) is 0 Å². The van der Waals surface area contributed by atoms with Gasteiger partial charge in [-0.25, -0.2) is 5.53 Å². The van der Waals surface area contributed by atoms with Gasteiger partial charge in [-0.2, -0.15) is 5.11 Å². The Labute approximate surface area is 100 Å². The lowest BCUT2D eigenvalue weighted by atomic mass is 9.96. The van der Waals surface area contributed by atoms with Crippen LogP contribution in [0.25, 0.3) is 0 Å². The highest BCUT2D eigenvalue weighted by Gasteiger charge is 2.06. The molecule has 0 aromatic rings. The van der Waals surface area contributed by atoms with Gasteiger partial charge in [-0.1, -0.05) is 39.5 Å². The highest BCUT2D eigenvalue weighted by atomic mass is 15.0. The molecule has 16 heavy (non-hydrogen) atoms. The fourth-order valence-electron chi connectivity index (χ4n) is 1.71. The maximum Gasteiger partial charge on any atom is 0.102 e. The molecule has 3 heteroatoms. The Morgan fingerprint density at radius 1 is 1.12 bits per heavy atom. The topological polar surface area (TPSA) is 48.6 Å². The van der Waals surface area contributed by atoms with Crippen LogP contribution in [0.2, 0.25) is 0 Å². The Balaban J connectivity index is 3.88. The van der Waals surface area contributed by atoms with E-state index in [2.05, 4.69) is 24.0 Å². The van der Waals surface area contributed by atoms with Gasteiger partial charge in [0.05, 0.1) is 0 Å². The molecule has 0 radical (unpaired) electrons. The Hall–Kier alpha value is -0.730. The normalized spacial score (nSPS) is 13.5. The number of nitrogens with zero attached hydrogens (tertiary/aromatic N) is 2. The number of nitrogens with one attached hydrogen (secondary N) is 1. The van der Waals surface area contributed by atoms with Crippen molar-refractivity contribution in [1.82, 2.24) is 0 Å². The van der Waals surface area contributed by atoms with E-state index in [0.29, 0.717) is 0 Å². The van der Waals surface area contributed by atoms with E-state index in [9.17, 15) is 0 Å². The van der Waals surface area contributed by atoms with Crippen molar-refractivity contribution in [2.75, 3.05) is 6.54 Å². The second-order valence-electron chi connectivity index (χ2n) is 4.53. The number of rotatable bonds is 10. The van der Waals surface area contributed by atoms with Crippen LogP contribution in [0.1, 0.15) is 59.3 Å².